The van der Waals surface area contributed by atoms with Crippen molar-refractivity contribution in [2.45, 2.75) is 35.3 Å². The maximum Gasteiger partial charge on any atom is 0.261 e. The molecule has 0 spiro atoms. The second-order valence-corrected chi connectivity index (χ2v) is 9.48. The third-order valence-electron chi connectivity index (χ3n) is 3.76. The molecule has 1 amide bonds. The summed E-state index contributed by atoms with van der Waals surface area (Å²) in [6.45, 7) is 3.81. The Hall–Kier alpha value is -1.70. The van der Waals surface area contributed by atoms with E-state index in [1.165, 1.54) is 12.1 Å². The predicted octanol–water partition coefficient (Wildman–Crippen LogP) is 4.27. The molecular weight excluding hydrogens is 380 g/mol. The Bertz CT molecular complexity index is 945. The molecule has 0 fully saturated rings. The van der Waals surface area contributed by atoms with Crippen molar-refractivity contribution in [3.05, 3.63) is 47.0 Å². The molecule has 2 N–H and O–H groups in total. The number of thioether (sulfide) groups is 1. The van der Waals surface area contributed by atoms with Gasteiger partial charge in [-0.25, -0.2) is 8.42 Å². The van der Waals surface area contributed by atoms with Gasteiger partial charge in [0.25, 0.3) is 10.0 Å². The molecule has 0 saturated carbocycles. The molecule has 132 valence electrons. The van der Waals surface area contributed by atoms with Gasteiger partial charge in [0.05, 0.1) is 16.3 Å². The molecule has 0 aliphatic carbocycles. The molecule has 0 aromatic heterocycles. The minimum Gasteiger partial charge on any atom is -0.325 e. The first-order chi connectivity index (χ1) is 11.7. The summed E-state index contributed by atoms with van der Waals surface area (Å²) in [5.41, 5.74) is 1.77. The normalized spacial score (nSPS) is 17.4. The van der Waals surface area contributed by atoms with Crippen molar-refractivity contribution in [1.82, 2.24) is 0 Å². The van der Waals surface area contributed by atoms with Crippen molar-refractivity contribution in [2.24, 2.45) is 0 Å². The van der Waals surface area contributed by atoms with Crippen LogP contribution in [-0.4, -0.2) is 19.6 Å². The van der Waals surface area contributed by atoms with Crippen LogP contribution < -0.4 is 10.0 Å². The number of fused-ring (bicyclic) bond motifs is 1. The summed E-state index contributed by atoms with van der Waals surface area (Å²) in [5, 5.41) is 3.39. The fourth-order valence-electron chi connectivity index (χ4n) is 2.47. The maximum absolute atomic E-state index is 12.6. The summed E-state index contributed by atoms with van der Waals surface area (Å²) in [4.78, 5) is 12.8. The van der Waals surface area contributed by atoms with E-state index in [1.807, 2.05) is 13.8 Å². The van der Waals surface area contributed by atoms with E-state index < -0.39 is 10.0 Å². The zero-order chi connectivity index (χ0) is 18.2. The quantitative estimate of drug-likeness (QED) is 0.812. The monoisotopic (exact) mass is 396 g/mol. The predicted molar refractivity (Wildman–Crippen MR) is 102 cm³/mol. The van der Waals surface area contributed by atoms with Crippen molar-refractivity contribution < 1.29 is 13.2 Å². The van der Waals surface area contributed by atoms with E-state index >= 15 is 0 Å². The molecule has 25 heavy (non-hydrogen) atoms. The molecule has 0 saturated heterocycles. The van der Waals surface area contributed by atoms with Crippen LogP contribution in [0.5, 0.6) is 0 Å². The van der Waals surface area contributed by atoms with Crippen molar-refractivity contribution >= 4 is 50.7 Å². The first-order valence-corrected chi connectivity index (χ1v) is 10.4. The van der Waals surface area contributed by atoms with E-state index in [9.17, 15) is 13.2 Å². The molecule has 1 atom stereocenters. The highest BCUT2D eigenvalue weighted by Crippen LogP contribution is 2.36. The molecule has 5 nitrogen and oxygen atoms in total. The standard InChI is InChI=1S/C17H17ClN2O3S2/c1-10-3-4-12(8-14(10)18)20-25(22,23)13-5-6-16-15(9-13)19-17(21)7-11(2)24-16/h3-6,8-9,11,20H,7H2,1-2H3,(H,19,21)/t11-/m1/s1. The van der Waals surface area contributed by atoms with Crippen LogP contribution in [-0.2, 0) is 14.8 Å². The van der Waals surface area contributed by atoms with Crippen LogP contribution in [0.15, 0.2) is 46.2 Å². The highest BCUT2D eigenvalue weighted by molar-refractivity contribution is 8.00. The largest absolute Gasteiger partial charge is 0.325 e. The molecule has 1 aliphatic heterocycles. The maximum atomic E-state index is 12.6. The second kappa shape index (κ2) is 6.90. The fourth-order valence-corrected chi connectivity index (χ4v) is 4.78. The molecule has 1 heterocycles. The summed E-state index contributed by atoms with van der Waals surface area (Å²) >= 11 is 7.59. The van der Waals surface area contributed by atoms with Gasteiger partial charge in [-0.15, -0.1) is 11.8 Å². The van der Waals surface area contributed by atoms with E-state index in [0.717, 1.165) is 10.5 Å². The molecule has 0 unspecified atom stereocenters. The molecule has 1 aliphatic rings. The Morgan fingerprint density at radius 2 is 2.00 bits per heavy atom. The number of halogens is 1. The lowest BCUT2D eigenvalue weighted by Crippen LogP contribution is -2.15. The van der Waals surface area contributed by atoms with Gasteiger partial charge >= 0.3 is 0 Å². The molecule has 0 bridgehead atoms. The van der Waals surface area contributed by atoms with Gasteiger partial charge in [0.2, 0.25) is 5.91 Å². The highest BCUT2D eigenvalue weighted by Gasteiger charge is 2.22. The van der Waals surface area contributed by atoms with E-state index in [0.29, 0.717) is 22.8 Å². The number of sulfonamides is 1. The molecule has 8 heteroatoms. The molecule has 2 aromatic rings. The topological polar surface area (TPSA) is 75.3 Å². The van der Waals surface area contributed by atoms with Gasteiger partial charge < -0.3 is 5.32 Å². The minimum absolute atomic E-state index is 0.0819. The number of nitrogens with one attached hydrogen (secondary N) is 2. The average Bonchev–Trinajstić information content (AvgIpc) is 2.66. The lowest BCUT2D eigenvalue weighted by atomic mass is 10.2. The first kappa shape index (κ1) is 18.1. The van der Waals surface area contributed by atoms with Gasteiger partial charge in [-0.1, -0.05) is 24.6 Å². The Balaban J connectivity index is 1.92. The second-order valence-electron chi connectivity index (χ2n) is 5.91. The van der Waals surface area contributed by atoms with Gasteiger partial charge in [0, 0.05) is 21.6 Å². The summed E-state index contributed by atoms with van der Waals surface area (Å²) in [5.74, 6) is -0.119. The van der Waals surface area contributed by atoms with E-state index in [1.54, 1.807) is 36.0 Å². The van der Waals surface area contributed by atoms with Crippen LogP contribution in [0.3, 0.4) is 0 Å². The van der Waals surface area contributed by atoms with Crippen LogP contribution in [0, 0.1) is 6.92 Å². The number of carbonyl (C=O) groups excluding carboxylic acids is 1. The summed E-state index contributed by atoms with van der Waals surface area (Å²) < 4.78 is 27.8. The number of hydrogen-bond donors (Lipinski definition) is 2. The Kier molecular flexibility index (Phi) is 4.99. The number of benzene rings is 2. The number of carbonyl (C=O) groups is 1. The zero-order valence-corrected chi connectivity index (χ0v) is 16.1. The van der Waals surface area contributed by atoms with Crippen LogP contribution in [0.1, 0.15) is 18.9 Å². The van der Waals surface area contributed by atoms with Gasteiger partial charge in [0.15, 0.2) is 0 Å². The highest BCUT2D eigenvalue weighted by atomic mass is 35.5. The number of aryl methyl sites for hydroxylation is 1. The zero-order valence-electron chi connectivity index (χ0n) is 13.7. The fraction of sp³-hybridized carbons (Fsp3) is 0.235. The average molecular weight is 397 g/mol. The Morgan fingerprint density at radius 3 is 2.72 bits per heavy atom. The number of anilines is 2. The third-order valence-corrected chi connectivity index (χ3v) is 6.73. The van der Waals surface area contributed by atoms with Crippen LogP contribution >= 0.6 is 23.4 Å². The van der Waals surface area contributed by atoms with E-state index in [4.69, 9.17) is 11.6 Å². The van der Waals surface area contributed by atoms with Crippen molar-refractivity contribution in [1.29, 1.82) is 0 Å². The summed E-state index contributed by atoms with van der Waals surface area (Å²) in [6.07, 6.45) is 0.390. The van der Waals surface area contributed by atoms with Gasteiger partial charge in [0.1, 0.15) is 0 Å². The van der Waals surface area contributed by atoms with Crippen molar-refractivity contribution in [2.75, 3.05) is 10.0 Å². The molecule has 2 aromatic carbocycles. The lowest BCUT2D eigenvalue weighted by molar-refractivity contribution is -0.116. The van der Waals surface area contributed by atoms with Crippen LogP contribution in [0.2, 0.25) is 5.02 Å². The number of rotatable bonds is 3. The van der Waals surface area contributed by atoms with Crippen molar-refractivity contribution in [3.63, 3.8) is 0 Å². The number of amides is 1. The summed E-state index contributed by atoms with van der Waals surface area (Å²) in [7, 11) is -3.79. The smallest absolute Gasteiger partial charge is 0.261 e. The molecule has 3 rings (SSSR count). The minimum atomic E-state index is -3.79. The van der Waals surface area contributed by atoms with Crippen LogP contribution in [0.4, 0.5) is 11.4 Å². The lowest BCUT2D eigenvalue weighted by Gasteiger charge is -2.12. The molecular formula is C17H17ClN2O3S2. The molecule has 0 radical (unpaired) electrons. The van der Waals surface area contributed by atoms with E-state index in [2.05, 4.69) is 10.0 Å². The first-order valence-electron chi connectivity index (χ1n) is 7.64. The number of hydrogen-bond acceptors (Lipinski definition) is 4. The third kappa shape index (κ3) is 4.11. The Labute approximate surface area is 156 Å². The van der Waals surface area contributed by atoms with Gasteiger partial charge in [-0.2, -0.15) is 0 Å². The SMILES string of the molecule is Cc1ccc(NS(=O)(=O)c2ccc3c(c2)NC(=O)C[C@@H](C)S3)cc1Cl. The van der Waals surface area contributed by atoms with Crippen molar-refractivity contribution in [3.8, 4) is 0 Å². The van der Waals surface area contributed by atoms with Gasteiger partial charge in [-0.05, 0) is 42.8 Å². The van der Waals surface area contributed by atoms with Crippen LogP contribution in [0.25, 0.3) is 0 Å². The van der Waals surface area contributed by atoms with Gasteiger partial charge in [-0.3, -0.25) is 9.52 Å². The Morgan fingerprint density at radius 1 is 1.24 bits per heavy atom. The summed E-state index contributed by atoms with van der Waals surface area (Å²) in [6, 6.07) is 9.71. The van der Waals surface area contributed by atoms with E-state index in [-0.39, 0.29) is 16.1 Å².